The van der Waals surface area contributed by atoms with Gasteiger partial charge in [0.25, 0.3) is 0 Å². The van der Waals surface area contributed by atoms with Gasteiger partial charge < -0.3 is 20.7 Å². The first kappa shape index (κ1) is 31.9. The number of anilines is 3. The van der Waals surface area contributed by atoms with Gasteiger partial charge in [-0.25, -0.2) is 9.78 Å². The van der Waals surface area contributed by atoms with Gasteiger partial charge >= 0.3 is 6.09 Å². The number of benzene rings is 1. The molecule has 0 saturated heterocycles. The Labute approximate surface area is 237 Å². The molecule has 40 heavy (non-hydrogen) atoms. The van der Waals surface area contributed by atoms with Crippen molar-refractivity contribution in [3.8, 4) is 17.9 Å². The first-order chi connectivity index (χ1) is 19.0. The molecule has 0 atom stereocenters. The Morgan fingerprint density at radius 3 is 2.50 bits per heavy atom. The largest absolute Gasteiger partial charge is 0.444 e. The summed E-state index contributed by atoms with van der Waals surface area (Å²) in [7, 11) is 0. The molecule has 0 spiro atoms. The second-order valence-corrected chi connectivity index (χ2v) is 10.7. The third-order valence-electron chi connectivity index (χ3n) is 5.20. The molecule has 1 aromatic heterocycles. The number of nitrogens with zero attached hydrogens (tertiary/aromatic N) is 4. The van der Waals surface area contributed by atoms with Crippen LogP contribution in [0.5, 0.6) is 0 Å². The Hall–Kier alpha value is -4.31. The summed E-state index contributed by atoms with van der Waals surface area (Å²) >= 11 is 0. The maximum atomic E-state index is 12.5. The highest BCUT2D eigenvalue weighted by Crippen LogP contribution is 2.18. The van der Waals surface area contributed by atoms with E-state index < -0.39 is 11.7 Å². The lowest BCUT2D eigenvalue weighted by atomic mass is 10.2. The van der Waals surface area contributed by atoms with E-state index in [1.807, 2.05) is 13.8 Å². The van der Waals surface area contributed by atoms with Gasteiger partial charge in [0.2, 0.25) is 11.9 Å². The molecule has 0 radical (unpaired) electrons. The first-order valence-electron chi connectivity index (χ1n) is 13.6. The van der Waals surface area contributed by atoms with Crippen LogP contribution in [-0.2, 0) is 9.53 Å². The maximum absolute atomic E-state index is 12.5. The van der Waals surface area contributed by atoms with E-state index in [2.05, 4.69) is 50.8 Å². The number of ether oxygens (including phenoxy) is 1. The molecule has 0 aliphatic heterocycles. The summed E-state index contributed by atoms with van der Waals surface area (Å²) in [6, 6.07) is 9.14. The van der Waals surface area contributed by atoms with Crippen LogP contribution in [0.15, 0.2) is 30.5 Å². The maximum Gasteiger partial charge on any atom is 0.410 e. The zero-order chi connectivity index (χ0) is 29.5. The highest BCUT2D eigenvalue weighted by Gasteiger charge is 2.24. The molecule has 1 heterocycles. The second kappa shape index (κ2) is 15.9. The van der Waals surface area contributed by atoms with Gasteiger partial charge in [0.1, 0.15) is 18.0 Å². The van der Waals surface area contributed by atoms with Crippen molar-refractivity contribution in [1.29, 1.82) is 5.26 Å². The molecule has 214 valence electrons. The van der Waals surface area contributed by atoms with E-state index in [4.69, 9.17) is 10.00 Å². The van der Waals surface area contributed by atoms with E-state index in [-0.39, 0.29) is 18.4 Å². The van der Waals surface area contributed by atoms with Crippen molar-refractivity contribution in [2.75, 3.05) is 36.8 Å². The minimum Gasteiger partial charge on any atom is -0.444 e. The van der Waals surface area contributed by atoms with Gasteiger partial charge in [-0.2, -0.15) is 10.2 Å². The number of carbonyl (C=O) groups is 2. The SMILES string of the molecule is CCCNc1nc(Nc2ccc(C#N)cc2)ncc1C#CCCCNC(=O)CN(CC(C)C)C(=O)OC(C)(C)C. The average Bonchev–Trinajstić information content (AvgIpc) is 2.89. The summed E-state index contributed by atoms with van der Waals surface area (Å²) in [4.78, 5) is 35.3. The minimum atomic E-state index is -0.625. The molecule has 3 N–H and O–H groups in total. The Bertz CT molecular complexity index is 1220. The van der Waals surface area contributed by atoms with Crippen molar-refractivity contribution in [3.05, 3.63) is 41.6 Å². The Morgan fingerprint density at radius 1 is 1.15 bits per heavy atom. The smallest absolute Gasteiger partial charge is 0.410 e. The number of hydrogen-bond acceptors (Lipinski definition) is 8. The standard InChI is InChI=1S/C30H41N7O3/c1-7-16-33-27-24(19-34-28(36-27)35-25-14-12-23(18-31)13-15-25)11-9-8-10-17-32-26(38)21-37(20-22(2)3)29(39)40-30(4,5)6/h12-15,19,22H,7-8,10,16-17,20-21H2,1-6H3,(H,32,38)(H2,33,34,35,36). The topological polar surface area (TPSA) is 132 Å². The van der Waals surface area contributed by atoms with Crippen LogP contribution < -0.4 is 16.0 Å². The molecule has 0 saturated carbocycles. The van der Waals surface area contributed by atoms with E-state index in [1.54, 1.807) is 51.2 Å². The summed E-state index contributed by atoms with van der Waals surface area (Å²) in [5.74, 6) is 7.29. The molecular weight excluding hydrogens is 506 g/mol. The van der Waals surface area contributed by atoms with E-state index in [0.717, 1.165) is 18.7 Å². The molecule has 0 fully saturated rings. The van der Waals surface area contributed by atoms with E-state index in [9.17, 15) is 9.59 Å². The lowest BCUT2D eigenvalue weighted by Crippen LogP contribution is -2.44. The number of carbonyl (C=O) groups excluding carboxylic acids is 2. The van der Waals surface area contributed by atoms with Crippen LogP contribution in [0.3, 0.4) is 0 Å². The van der Waals surface area contributed by atoms with Crippen LogP contribution in [-0.4, -0.2) is 58.6 Å². The fourth-order valence-corrected chi connectivity index (χ4v) is 3.43. The molecule has 0 aliphatic rings. The van der Waals surface area contributed by atoms with Crippen molar-refractivity contribution in [1.82, 2.24) is 20.2 Å². The van der Waals surface area contributed by atoms with Crippen molar-refractivity contribution in [3.63, 3.8) is 0 Å². The zero-order valence-electron chi connectivity index (χ0n) is 24.4. The van der Waals surface area contributed by atoms with Gasteiger partial charge in [-0.15, -0.1) is 0 Å². The van der Waals surface area contributed by atoms with Gasteiger partial charge in [-0.1, -0.05) is 32.6 Å². The van der Waals surface area contributed by atoms with Crippen LogP contribution in [0, 0.1) is 29.1 Å². The number of rotatable bonds is 12. The number of aromatic nitrogens is 2. The highest BCUT2D eigenvalue weighted by atomic mass is 16.6. The van der Waals surface area contributed by atoms with Crippen LogP contribution in [0.2, 0.25) is 0 Å². The quantitative estimate of drug-likeness (QED) is 0.248. The van der Waals surface area contributed by atoms with Crippen molar-refractivity contribution < 1.29 is 14.3 Å². The Kier molecular flexibility index (Phi) is 12.7. The second-order valence-electron chi connectivity index (χ2n) is 10.7. The normalized spacial score (nSPS) is 10.7. The van der Waals surface area contributed by atoms with E-state index in [1.165, 1.54) is 4.90 Å². The molecule has 2 rings (SSSR count). The van der Waals surface area contributed by atoms with Crippen LogP contribution in [0.1, 0.15) is 71.9 Å². The van der Waals surface area contributed by atoms with Crippen molar-refractivity contribution in [2.24, 2.45) is 5.92 Å². The van der Waals surface area contributed by atoms with E-state index in [0.29, 0.717) is 48.8 Å². The third-order valence-corrected chi connectivity index (χ3v) is 5.20. The minimum absolute atomic E-state index is 0.0502. The number of nitriles is 1. The number of hydrogen-bond donors (Lipinski definition) is 3. The fraction of sp³-hybridized carbons (Fsp3) is 0.500. The summed E-state index contributed by atoms with van der Waals surface area (Å²) in [5, 5.41) is 18.3. The van der Waals surface area contributed by atoms with Gasteiger partial charge in [0, 0.05) is 31.7 Å². The lowest BCUT2D eigenvalue weighted by Gasteiger charge is -2.28. The molecule has 0 aliphatic carbocycles. The number of unbranched alkanes of at least 4 members (excludes halogenated alkanes) is 1. The third kappa shape index (κ3) is 12.0. The number of amides is 2. The molecule has 1 aromatic carbocycles. The van der Waals surface area contributed by atoms with Crippen LogP contribution in [0.4, 0.5) is 22.2 Å². The fourth-order valence-electron chi connectivity index (χ4n) is 3.43. The summed E-state index contributed by atoms with van der Waals surface area (Å²) in [6.45, 7) is 13.0. The summed E-state index contributed by atoms with van der Waals surface area (Å²) in [5.41, 5.74) is 1.42. The molecule has 2 amide bonds. The average molecular weight is 548 g/mol. The number of nitrogens with one attached hydrogen (secondary N) is 3. The van der Waals surface area contributed by atoms with Crippen LogP contribution >= 0.6 is 0 Å². The van der Waals surface area contributed by atoms with E-state index >= 15 is 0 Å². The predicted molar refractivity (Wildman–Crippen MR) is 157 cm³/mol. The molecule has 0 unspecified atom stereocenters. The van der Waals surface area contributed by atoms with Crippen molar-refractivity contribution in [2.45, 2.75) is 66.4 Å². The van der Waals surface area contributed by atoms with Crippen LogP contribution in [0.25, 0.3) is 0 Å². The highest BCUT2D eigenvalue weighted by molar-refractivity contribution is 5.82. The molecular formula is C30H41N7O3. The van der Waals surface area contributed by atoms with Gasteiger partial charge in [-0.05, 0) is 63.8 Å². The Morgan fingerprint density at radius 2 is 1.88 bits per heavy atom. The molecule has 2 aromatic rings. The monoisotopic (exact) mass is 547 g/mol. The first-order valence-corrected chi connectivity index (χ1v) is 13.6. The van der Waals surface area contributed by atoms with Gasteiger partial charge in [-0.3, -0.25) is 9.69 Å². The van der Waals surface area contributed by atoms with Crippen molar-refractivity contribution >= 4 is 29.5 Å². The summed E-state index contributed by atoms with van der Waals surface area (Å²) in [6.07, 6.45) is 3.34. The molecule has 10 nitrogen and oxygen atoms in total. The molecule has 0 bridgehead atoms. The van der Waals surface area contributed by atoms with Gasteiger partial charge in [0.15, 0.2) is 0 Å². The molecule has 10 heteroatoms. The van der Waals surface area contributed by atoms with Gasteiger partial charge in [0.05, 0.1) is 23.4 Å². The summed E-state index contributed by atoms with van der Waals surface area (Å²) < 4.78 is 5.44. The predicted octanol–water partition coefficient (Wildman–Crippen LogP) is 5.05. The Balaban J connectivity index is 1.91. The lowest BCUT2D eigenvalue weighted by molar-refractivity contribution is -0.122. The zero-order valence-corrected chi connectivity index (χ0v) is 24.4.